The van der Waals surface area contributed by atoms with Crippen molar-refractivity contribution >= 4 is 45.7 Å². The van der Waals surface area contributed by atoms with Crippen molar-refractivity contribution in [2.75, 3.05) is 11.1 Å². The van der Waals surface area contributed by atoms with Crippen LogP contribution in [0.3, 0.4) is 0 Å². The van der Waals surface area contributed by atoms with Gasteiger partial charge < -0.3 is 4.74 Å². The highest BCUT2D eigenvalue weighted by molar-refractivity contribution is 7.99. The zero-order valence-corrected chi connectivity index (χ0v) is 18.2. The number of anilines is 1. The Bertz CT molecular complexity index is 992. The van der Waals surface area contributed by atoms with Crippen LogP contribution in [0.15, 0.2) is 41.5 Å². The number of benzene rings is 1. The summed E-state index contributed by atoms with van der Waals surface area (Å²) in [6.45, 7) is 8.12. The van der Waals surface area contributed by atoms with E-state index in [1.807, 2.05) is 30.5 Å². The van der Waals surface area contributed by atoms with Crippen LogP contribution >= 0.6 is 34.7 Å². The number of carbonyl (C=O) groups is 1. The predicted molar refractivity (Wildman–Crippen MR) is 115 cm³/mol. The fourth-order valence-electron chi connectivity index (χ4n) is 2.47. The van der Waals surface area contributed by atoms with Gasteiger partial charge in [0, 0.05) is 6.54 Å². The van der Waals surface area contributed by atoms with Crippen molar-refractivity contribution in [2.24, 2.45) is 0 Å². The zero-order chi connectivity index (χ0) is 20.8. The van der Waals surface area contributed by atoms with Crippen molar-refractivity contribution in [1.29, 1.82) is 0 Å². The fraction of sp³-hybridized carbons (Fsp3) is 0.278. The Kier molecular flexibility index (Phi) is 7.24. The second kappa shape index (κ2) is 9.86. The summed E-state index contributed by atoms with van der Waals surface area (Å²) in [5.41, 5.74) is 2.60. The number of aromatic nitrogens is 5. The van der Waals surface area contributed by atoms with E-state index in [1.54, 1.807) is 17.7 Å². The first-order valence-electron chi connectivity index (χ1n) is 8.63. The molecule has 0 spiro atoms. The normalized spacial score (nSPS) is 11.8. The van der Waals surface area contributed by atoms with Gasteiger partial charge in [-0.2, -0.15) is 0 Å². The minimum Gasteiger partial charge on any atom is -0.481 e. The number of ether oxygens (including phenoxy) is 1. The first-order valence-corrected chi connectivity index (χ1v) is 10.9. The summed E-state index contributed by atoms with van der Waals surface area (Å²) >= 11 is 8.76. The predicted octanol–water partition coefficient (Wildman–Crippen LogP) is 4.15. The summed E-state index contributed by atoms with van der Waals surface area (Å²) in [7, 11) is 0. The third kappa shape index (κ3) is 5.55. The first kappa shape index (κ1) is 21.3. The van der Waals surface area contributed by atoms with Crippen molar-refractivity contribution in [2.45, 2.75) is 31.7 Å². The van der Waals surface area contributed by atoms with Gasteiger partial charge in [0.05, 0.1) is 10.8 Å². The lowest BCUT2D eigenvalue weighted by molar-refractivity contribution is -0.113. The molecule has 2 aromatic heterocycles. The molecule has 29 heavy (non-hydrogen) atoms. The van der Waals surface area contributed by atoms with E-state index in [0.717, 1.165) is 5.56 Å². The third-order valence-corrected chi connectivity index (χ3v) is 5.64. The highest BCUT2D eigenvalue weighted by Gasteiger charge is 2.20. The Hall–Kier alpha value is -2.43. The number of hydrogen-bond acceptors (Lipinski definition) is 8. The third-order valence-electron chi connectivity index (χ3n) is 3.75. The molecule has 0 aliphatic carbocycles. The Morgan fingerprint density at radius 2 is 2.28 bits per heavy atom. The number of aryl methyl sites for hydroxylation is 1. The fourth-order valence-corrected chi connectivity index (χ4v) is 3.84. The van der Waals surface area contributed by atoms with Crippen LogP contribution in [0.25, 0.3) is 0 Å². The second-order valence-corrected chi connectivity index (χ2v) is 8.20. The second-order valence-electron chi connectivity index (χ2n) is 6.01. The van der Waals surface area contributed by atoms with Crippen LogP contribution in [-0.2, 0) is 11.3 Å². The van der Waals surface area contributed by atoms with Gasteiger partial charge in [0.1, 0.15) is 11.3 Å². The highest BCUT2D eigenvalue weighted by atomic mass is 35.5. The molecule has 3 rings (SSSR count). The summed E-state index contributed by atoms with van der Waals surface area (Å²) in [4.78, 5) is 12.1. The van der Waals surface area contributed by atoms with Gasteiger partial charge in [-0.15, -0.1) is 27.0 Å². The van der Waals surface area contributed by atoms with Crippen molar-refractivity contribution in [3.05, 3.63) is 52.8 Å². The van der Waals surface area contributed by atoms with Crippen molar-refractivity contribution in [3.63, 3.8) is 0 Å². The number of hydrogen-bond donors (Lipinski definition) is 1. The smallest absolute Gasteiger partial charge is 0.236 e. The summed E-state index contributed by atoms with van der Waals surface area (Å²) in [5.74, 6) is 1.16. The molecular weight excluding hydrogens is 432 g/mol. The number of allylic oxidation sites excluding steroid dienone is 1. The lowest BCUT2D eigenvalue weighted by Gasteiger charge is -2.17. The van der Waals surface area contributed by atoms with E-state index < -0.39 is 6.10 Å². The molecule has 1 amide bonds. The number of rotatable bonds is 9. The lowest BCUT2D eigenvalue weighted by Crippen LogP contribution is -2.15. The minimum absolute atomic E-state index is 0.161. The topological polar surface area (TPSA) is 94.8 Å². The Morgan fingerprint density at radius 1 is 1.45 bits per heavy atom. The van der Waals surface area contributed by atoms with Gasteiger partial charge in [-0.05, 0) is 31.5 Å². The molecule has 0 saturated carbocycles. The molecule has 1 N–H and O–H groups in total. The SMILES string of the molecule is C=CCn1c(SCC(=O)Nc2nncs2)nnc1[C@H](C)Oc1cc(C)ccc1Cl. The zero-order valence-electron chi connectivity index (χ0n) is 15.8. The number of amides is 1. The van der Waals surface area contributed by atoms with Crippen molar-refractivity contribution < 1.29 is 9.53 Å². The van der Waals surface area contributed by atoms with E-state index >= 15 is 0 Å². The standard InChI is InChI=1S/C18H19ClN6O2S2/c1-4-7-25-16(12(3)27-14-8-11(2)5-6-13(14)19)22-24-18(25)28-9-15(26)21-17-23-20-10-29-17/h4-6,8,10,12H,1,7,9H2,2-3H3,(H,21,23,26)/t12-/m0/s1. The number of halogens is 1. The van der Waals surface area contributed by atoms with Crippen LogP contribution in [0.4, 0.5) is 5.13 Å². The maximum Gasteiger partial charge on any atom is 0.236 e. The molecular formula is C18H19ClN6O2S2. The highest BCUT2D eigenvalue weighted by Crippen LogP contribution is 2.30. The van der Waals surface area contributed by atoms with Crippen LogP contribution in [0, 0.1) is 6.92 Å². The molecule has 0 unspecified atom stereocenters. The van der Waals surface area contributed by atoms with Gasteiger partial charge in [-0.1, -0.05) is 46.8 Å². The molecule has 152 valence electrons. The number of nitrogens with zero attached hydrogens (tertiary/aromatic N) is 5. The Balaban J connectivity index is 1.71. The maximum atomic E-state index is 12.1. The summed E-state index contributed by atoms with van der Waals surface area (Å²) in [5, 5.41) is 20.2. The summed E-state index contributed by atoms with van der Waals surface area (Å²) in [6, 6.07) is 5.59. The van der Waals surface area contributed by atoms with Gasteiger partial charge in [0.2, 0.25) is 11.0 Å². The van der Waals surface area contributed by atoms with Gasteiger partial charge in [0.15, 0.2) is 17.1 Å². The maximum absolute atomic E-state index is 12.1. The lowest BCUT2D eigenvalue weighted by atomic mass is 10.2. The van der Waals surface area contributed by atoms with Gasteiger partial charge in [0.25, 0.3) is 0 Å². The molecule has 0 saturated heterocycles. The molecule has 0 bridgehead atoms. The molecule has 0 radical (unpaired) electrons. The van der Waals surface area contributed by atoms with Crippen molar-refractivity contribution in [3.8, 4) is 5.75 Å². The van der Waals surface area contributed by atoms with Crippen LogP contribution in [0.2, 0.25) is 5.02 Å². The van der Waals surface area contributed by atoms with Crippen LogP contribution < -0.4 is 10.1 Å². The number of thioether (sulfide) groups is 1. The van der Waals surface area contributed by atoms with E-state index in [0.29, 0.717) is 33.4 Å². The Morgan fingerprint density at radius 3 is 3.00 bits per heavy atom. The molecule has 0 aliphatic rings. The molecule has 0 fully saturated rings. The monoisotopic (exact) mass is 450 g/mol. The minimum atomic E-state index is -0.397. The van der Waals surface area contributed by atoms with E-state index in [2.05, 4.69) is 32.3 Å². The van der Waals surface area contributed by atoms with Crippen LogP contribution in [0.1, 0.15) is 24.4 Å². The van der Waals surface area contributed by atoms with Crippen LogP contribution in [0.5, 0.6) is 5.75 Å². The van der Waals surface area contributed by atoms with E-state index in [4.69, 9.17) is 16.3 Å². The van der Waals surface area contributed by atoms with Gasteiger partial charge in [-0.25, -0.2) is 0 Å². The average Bonchev–Trinajstić information content (AvgIpc) is 3.33. The van der Waals surface area contributed by atoms with E-state index in [9.17, 15) is 4.79 Å². The first-order chi connectivity index (χ1) is 14.0. The summed E-state index contributed by atoms with van der Waals surface area (Å²) in [6.07, 6.45) is 1.34. The van der Waals surface area contributed by atoms with Gasteiger partial charge >= 0.3 is 0 Å². The molecule has 2 heterocycles. The van der Waals surface area contributed by atoms with Crippen molar-refractivity contribution in [1.82, 2.24) is 25.0 Å². The van der Waals surface area contributed by atoms with E-state index in [-0.39, 0.29) is 11.7 Å². The van der Waals surface area contributed by atoms with Gasteiger partial charge in [-0.3, -0.25) is 14.7 Å². The quantitative estimate of drug-likeness (QED) is 0.386. The summed E-state index contributed by atoms with van der Waals surface area (Å²) < 4.78 is 7.88. The molecule has 8 nitrogen and oxygen atoms in total. The van der Waals surface area contributed by atoms with E-state index in [1.165, 1.54) is 23.1 Å². The average molecular weight is 451 g/mol. The molecule has 0 aliphatic heterocycles. The molecule has 1 aromatic carbocycles. The Labute approximate surface area is 181 Å². The van der Waals surface area contributed by atoms with Crippen LogP contribution in [-0.4, -0.2) is 36.6 Å². The molecule has 1 atom stereocenters. The number of carbonyl (C=O) groups excluding carboxylic acids is 1. The largest absolute Gasteiger partial charge is 0.481 e. The number of nitrogens with one attached hydrogen (secondary N) is 1. The molecule has 11 heteroatoms. The molecule has 3 aromatic rings.